The van der Waals surface area contributed by atoms with Gasteiger partial charge in [-0.25, -0.2) is 0 Å². The van der Waals surface area contributed by atoms with Gasteiger partial charge in [0.05, 0.1) is 18.7 Å². The highest BCUT2D eigenvalue weighted by molar-refractivity contribution is 7.71. The monoisotopic (exact) mass is 466 g/mol. The highest BCUT2D eigenvalue weighted by Crippen LogP contribution is 2.36. The zero-order valence-corrected chi connectivity index (χ0v) is 18.7. The van der Waals surface area contributed by atoms with Crippen LogP contribution in [0.25, 0.3) is 11.4 Å². The smallest absolute Gasteiger partial charge is 0.240 e. The summed E-state index contributed by atoms with van der Waals surface area (Å²) >= 11 is 17.5. The van der Waals surface area contributed by atoms with Crippen LogP contribution in [-0.4, -0.2) is 34.4 Å². The standard InChI is InChI=1S/C20H20Cl2N4O3S/c1-3-29-18-15(22)8-12(9-16(18)28-2)10-23-17(27)11-26-19(24-25-20(26)30)13-4-6-14(21)7-5-13/h4-9H,3,10-11H2,1-2H3,(H,23,27)(H,25,30). The van der Waals surface area contributed by atoms with E-state index in [1.807, 2.05) is 19.1 Å². The Kier molecular flexibility index (Phi) is 7.36. The first-order valence-corrected chi connectivity index (χ1v) is 10.3. The molecule has 0 aliphatic heterocycles. The highest BCUT2D eigenvalue weighted by Gasteiger charge is 2.14. The van der Waals surface area contributed by atoms with Gasteiger partial charge in [0.15, 0.2) is 22.1 Å². The van der Waals surface area contributed by atoms with Crippen LogP contribution in [0.2, 0.25) is 10.0 Å². The van der Waals surface area contributed by atoms with Crippen LogP contribution in [0.5, 0.6) is 11.5 Å². The van der Waals surface area contributed by atoms with E-state index >= 15 is 0 Å². The molecule has 0 fully saturated rings. The van der Waals surface area contributed by atoms with Crippen LogP contribution in [0.15, 0.2) is 36.4 Å². The van der Waals surface area contributed by atoms with Gasteiger partial charge in [0.25, 0.3) is 0 Å². The van der Waals surface area contributed by atoms with Crippen LogP contribution >= 0.6 is 35.4 Å². The molecule has 0 aliphatic carbocycles. The summed E-state index contributed by atoms with van der Waals surface area (Å²) in [6.07, 6.45) is 0. The van der Waals surface area contributed by atoms with E-state index < -0.39 is 0 Å². The van der Waals surface area contributed by atoms with Crippen molar-refractivity contribution in [1.29, 1.82) is 0 Å². The van der Waals surface area contributed by atoms with Crippen LogP contribution in [0.3, 0.4) is 0 Å². The number of benzene rings is 2. The number of ether oxygens (including phenoxy) is 2. The third-order valence-corrected chi connectivity index (χ3v) is 5.07. The highest BCUT2D eigenvalue weighted by atomic mass is 35.5. The summed E-state index contributed by atoms with van der Waals surface area (Å²) in [5.41, 5.74) is 1.57. The van der Waals surface area contributed by atoms with E-state index in [4.69, 9.17) is 44.9 Å². The molecule has 7 nitrogen and oxygen atoms in total. The first kappa shape index (κ1) is 22.1. The van der Waals surface area contributed by atoms with E-state index in [0.29, 0.717) is 38.7 Å². The molecule has 2 aromatic carbocycles. The summed E-state index contributed by atoms with van der Waals surface area (Å²) in [6.45, 7) is 2.61. The molecule has 0 radical (unpaired) electrons. The van der Waals surface area contributed by atoms with Gasteiger partial charge < -0.3 is 14.8 Å². The van der Waals surface area contributed by atoms with Crippen molar-refractivity contribution >= 4 is 41.3 Å². The number of aromatic amines is 1. The van der Waals surface area contributed by atoms with Crippen molar-refractivity contribution < 1.29 is 14.3 Å². The fourth-order valence-electron chi connectivity index (χ4n) is 2.84. The average molecular weight is 467 g/mol. The maximum Gasteiger partial charge on any atom is 0.240 e. The Labute approximate surface area is 188 Å². The summed E-state index contributed by atoms with van der Waals surface area (Å²) in [6, 6.07) is 10.6. The zero-order valence-electron chi connectivity index (χ0n) is 16.4. The molecule has 1 heterocycles. The molecule has 3 rings (SSSR count). The van der Waals surface area contributed by atoms with Crippen molar-refractivity contribution in [1.82, 2.24) is 20.1 Å². The third-order valence-electron chi connectivity index (χ3n) is 4.23. The lowest BCUT2D eigenvalue weighted by molar-refractivity contribution is -0.121. The molecule has 0 saturated carbocycles. The summed E-state index contributed by atoms with van der Waals surface area (Å²) in [5, 5.41) is 10.8. The second-order valence-corrected chi connectivity index (χ2v) is 7.49. The summed E-state index contributed by atoms with van der Waals surface area (Å²) in [7, 11) is 1.54. The molecule has 0 unspecified atom stereocenters. The predicted molar refractivity (Wildman–Crippen MR) is 119 cm³/mol. The number of hydrogen-bond donors (Lipinski definition) is 2. The van der Waals surface area contributed by atoms with E-state index in [-0.39, 0.29) is 19.0 Å². The maximum atomic E-state index is 12.6. The minimum Gasteiger partial charge on any atom is -0.493 e. The van der Waals surface area contributed by atoms with Gasteiger partial charge in [-0.2, -0.15) is 5.10 Å². The third kappa shape index (κ3) is 5.13. The normalized spacial score (nSPS) is 10.7. The number of carbonyl (C=O) groups excluding carboxylic acids is 1. The average Bonchev–Trinajstić information content (AvgIpc) is 3.09. The van der Waals surface area contributed by atoms with Crippen molar-refractivity contribution in [3.05, 3.63) is 56.8 Å². The molecule has 1 amide bonds. The molecule has 3 aromatic rings. The lowest BCUT2D eigenvalue weighted by Gasteiger charge is -2.14. The molecule has 0 saturated heterocycles. The molecule has 10 heteroatoms. The van der Waals surface area contributed by atoms with Gasteiger partial charge in [0, 0.05) is 17.1 Å². The maximum absolute atomic E-state index is 12.6. The minimum absolute atomic E-state index is 0.00912. The largest absolute Gasteiger partial charge is 0.493 e. The van der Waals surface area contributed by atoms with Crippen molar-refractivity contribution in [2.45, 2.75) is 20.0 Å². The number of rotatable bonds is 8. The number of nitrogens with zero attached hydrogens (tertiary/aromatic N) is 2. The van der Waals surface area contributed by atoms with Gasteiger partial charge in [-0.3, -0.25) is 14.5 Å². The van der Waals surface area contributed by atoms with Gasteiger partial charge in [-0.1, -0.05) is 23.2 Å². The minimum atomic E-state index is -0.230. The van der Waals surface area contributed by atoms with Crippen molar-refractivity contribution in [2.24, 2.45) is 0 Å². The Morgan fingerprint density at radius 3 is 2.67 bits per heavy atom. The van der Waals surface area contributed by atoms with Gasteiger partial charge in [0.2, 0.25) is 5.91 Å². The predicted octanol–water partition coefficient (Wildman–Crippen LogP) is 4.64. The number of carbonyl (C=O) groups is 1. The molecule has 0 atom stereocenters. The van der Waals surface area contributed by atoms with E-state index in [0.717, 1.165) is 11.1 Å². The molecule has 30 heavy (non-hydrogen) atoms. The first-order valence-electron chi connectivity index (χ1n) is 9.10. The summed E-state index contributed by atoms with van der Waals surface area (Å²) < 4.78 is 12.8. The Hall–Kier alpha value is -2.55. The topological polar surface area (TPSA) is 81.2 Å². The van der Waals surface area contributed by atoms with Crippen LogP contribution in [0.1, 0.15) is 12.5 Å². The van der Waals surface area contributed by atoms with Crippen molar-refractivity contribution in [3.8, 4) is 22.9 Å². The van der Waals surface area contributed by atoms with Gasteiger partial charge in [-0.05, 0) is 61.1 Å². The molecule has 2 N–H and O–H groups in total. The van der Waals surface area contributed by atoms with Gasteiger partial charge in [0.1, 0.15) is 6.54 Å². The van der Waals surface area contributed by atoms with Gasteiger partial charge >= 0.3 is 0 Å². The Morgan fingerprint density at radius 1 is 1.27 bits per heavy atom. The van der Waals surface area contributed by atoms with Gasteiger partial charge in [-0.15, -0.1) is 0 Å². The number of H-pyrrole nitrogens is 1. The quantitative estimate of drug-likeness (QED) is 0.472. The van der Waals surface area contributed by atoms with Crippen LogP contribution in [0.4, 0.5) is 0 Å². The molecule has 0 spiro atoms. The molecule has 0 aliphatic rings. The Morgan fingerprint density at radius 2 is 2.00 bits per heavy atom. The Balaban J connectivity index is 1.72. The number of amides is 1. The second-order valence-electron chi connectivity index (χ2n) is 6.26. The van der Waals surface area contributed by atoms with E-state index in [9.17, 15) is 4.79 Å². The van der Waals surface area contributed by atoms with E-state index in [1.54, 1.807) is 28.8 Å². The van der Waals surface area contributed by atoms with Crippen LogP contribution in [-0.2, 0) is 17.9 Å². The number of nitrogens with one attached hydrogen (secondary N) is 2. The summed E-state index contributed by atoms with van der Waals surface area (Å²) in [4.78, 5) is 12.6. The van der Waals surface area contributed by atoms with Crippen molar-refractivity contribution in [3.63, 3.8) is 0 Å². The fraction of sp³-hybridized carbons (Fsp3) is 0.250. The zero-order chi connectivity index (χ0) is 21.7. The Bertz CT molecular complexity index is 1100. The summed E-state index contributed by atoms with van der Waals surface area (Å²) in [5.74, 6) is 1.31. The fourth-order valence-corrected chi connectivity index (χ4v) is 3.45. The lowest BCUT2D eigenvalue weighted by Crippen LogP contribution is -2.27. The number of hydrogen-bond acceptors (Lipinski definition) is 5. The second kappa shape index (κ2) is 9.97. The van der Waals surface area contributed by atoms with Crippen LogP contribution < -0.4 is 14.8 Å². The number of methoxy groups -OCH3 is 1. The number of halogens is 2. The van der Waals surface area contributed by atoms with E-state index in [1.165, 1.54) is 7.11 Å². The first-order chi connectivity index (χ1) is 14.4. The SMILES string of the molecule is CCOc1c(Cl)cc(CNC(=O)Cn2c(-c3ccc(Cl)cc3)n[nH]c2=S)cc1OC. The lowest BCUT2D eigenvalue weighted by atomic mass is 10.2. The van der Waals surface area contributed by atoms with Crippen molar-refractivity contribution in [2.75, 3.05) is 13.7 Å². The molecule has 158 valence electrons. The van der Waals surface area contributed by atoms with Crippen LogP contribution in [0, 0.1) is 4.77 Å². The molecular weight excluding hydrogens is 447 g/mol. The molecule has 0 bridgehead atoms. The molecular formula is C20H20Cl2N4O3S. The molecule has 1 aromatic heterocycles. The van der Waals surface area contributed by atoms with E-state index in [2.05, 4.69) is 15.5 Å². The number of aromatic nitrogens is 3.